The molecule has 1 aromatic carbocycles. The molecule has 2 N–H and O–H groups in total. The molecule has 0 aliphatic carbocycles. The fraction of sp³-hybridized carbons (Fsp3) is 0.600. The van der Waals surface area contributed by atoms with Crippen LogP contribution in [0.15, 0.2) is 24.3 Å². The van der Waals surface area contributed by atoms with E-state index in [1.807, 2.05) is 12.1 Å². The highest BCUT2D eigenvalue weighted by atomic mass is 16.6. The van der Waals surface area contributed by atoms with Crippen LogP contribution in [0, 0.1) is 0 Å². The van der Waals surface area contributed by atoms with Gasteiger partial charge in [-0.05, 0) is 50.4 Å². The Labute approximate surface area is 161 Å². The summed E-state index contributed by atoms with van der Waals surface area (Å²) in [7, 11) is 1.66. The summed E-state index contributed by atoms with van der Waals surface area (Å²) in [5.41, 5.74) is 1.24. The van der Waals surface area contributed by atoms with Gasteiger partial charge in [0, 0.05) is 32.1 Å². The predicted octanol–water partition coefficient (Wildman–Crippen LogP) is 1.95. The van der Waals surface area contributed by atoms with Crippen molar-refractivity contribution in [2.24, 2.45) is 0 Å². The third kappa shape index (κ3) is 7.46. The molecule has 0 aromatic heterocycles. The molecule has 0 radical (unpaired) electrons. The van der Waals surface area contributed by atoms with Crippen LogP contribution >= 0.6 is 0 Å². The standard InChI is InChI=1S/C20H31N3O4/c1-3-27-20(25)23-14-10-17(11-15-23)22-19(24)9-13-21-12-8-16-4-6-18(26-2)7-5-16/h4-7,17,21H,3,8-15H2,1-2H3,(H,22,24). The minimum Gasteiger partial charge on any atom is -0.497 e. The molecule has 0 spiro atoms. The number of amides is 2. The molecular formula is C20H31N3O4. The minimum atomic E-state index is -0.261. The molecule has 1 aliphatic rings. The monoisotopic (exact) mass is 377 g/mol. The molecule has 1 aliphatic heterocycles. The van der Waals surface area contributed by atoms with Crippen LogP contribution in [0.3, 0.4) is 0 Å². The van der Waals surface area contributed by atoms with E-state index < -0.39 is 0 Å². The molecule has 1 heterocycles. The normalized spacial score (nSPS) is 14.7. The smallest absolute Gasteiger partial charge is 0.409 e. The molecule has 150 valence electrons. The fourth-order valence-corrected chi connectivity index (χ4v) is 3.07. The Morgan fingerprint density at radius 2 is 1.85 bits per heavy atom. The summed E-state index contributed by atoms with van der Waals surface area (Å²) in [6.07, 6.45) is 2.66. The summed E-state index contributed by atoms with van der Waals surface area (Å²) in [5, 5.41) is 6.37. The van der Waals surface area contributed by atoms with E-state index in [1.165, 1.54) is 5.56 Å². The quantitative estimate of drug-likeness (QED) is 0.643. The molecule has 7 nitrogen and oxygen atoms in total. The van der Waals surface area contributed by atoms with Gasteiger partial charge in [0.2, 0.25) is 5.91 Å². The summed E-state index contributed by atoms with van der Waals surface area (Å²) >= 11 is 0. The van der Waals surface area contributed by atoms with Crippen molar-refractivity contribution in [1.82, 2.24) is 15.5 Å². The van der Waals surface area contributed by atoms with Crippen LogP contribution in [0.1, 0.15) is 31.7 Å². The lowest BCUT2D eigenvalue weighted by atomic mass is 10.1. The van der Waals surface area contributed by atoms with Crippen molar-refractivity contribution < 1.29 is 19.1 Å². The van der Waals surface area contributed by atoms with Gasteiger partial charge in [-0.15, -0.1) is 0 Å². The van der Waals surface area contributed by atoms with Gasteiger partial charge < -0.3 is 25.0 Å². The van der Waals surface area contributed by atoms with Gasteiger partial charge in [0.25, 0.3) is 0 Å². The molecule has 7 heteroatoms. The lowest BCUT2D eigenvalue weighted by Gasteiger charge is -2.31. The van der Waals surface area contributed by atoms with Crippen molar-refractivity contribution in [2.45, 2.75) is 38.6 Å². The van der Waals surface area contributed by atoms with E-state index in [9.17, 15) is 9.59 Å². The number of nitrogens with one attached hydrogen (secondary N) is 2. The van der Waals surface area contributed by atoms with E-state index >= 15 is 0 Å². The first kappa shape index (κ1) is 21.0. The first-order valence-electron chi connectivity index (χ1n) is 9.67. The van der Waals surface area contributed by atoms with Gasteiger partial charge in [0.1, 0.15) is 5.75 Å². The maximum Gasteiger partial charge on any atom is 0.409 e. The molecule has 0 saturated carbocycles. The number of carbonyl (C=O) groups excluding carboxylic acids is 2. The van der Waals surface area contributed by atoms with Crippen molar-refractivity contribution in [3.05, 3.63) is 29.8 Å². The maximum absolute atomic E-state index is 12.1. The average molecular weight is 377 g/mol. The van der Waals surface area contributed by atoms with Crippen molar-refractivity contribution in [3.8, 4) is 5.75 Å². The van der Waals surface area contributed by atoms with Crippen molar-refractivity contribution in [3.63, 3.8) is 0 Å². The molecule has 0 atom stereocenters. The van der Waals surface area contributed by atoms with Gasteiger partial charge in [-0.25, -0.2) is 4.79 Å². The topological polar surface area (TPSA) is 79.9 Å². The van der Waals surface area contributed by atoms with Crippen LogP contribution in [0.5, 0.6) is 5.75 Å². The zero-order valence-electron chi connectivity index (χ0n) is 16.3. The Bertz CT molecular complexity index is 583. The van der Waals surface area contributed by atoms with E-state index in [-0.39, 0.29) is 18.0 Å². The number of benzene rings is 1. The number of rotatable bonds is 9. The SMILES string of the molecule is CCOC(=O)N1CCC(NC(=O)CCNCCc2ccc(OC)cc2)CC1. The largest absolute Gasteiger partial charge is 0.497 e. The Morgan fingerprint density at radius 1 is 1.15 bits per heavy atom. The summed E-state index contributed by atoms with van der Waals surface area (Å²) in [6, 6.07) is 8.15. The van der Waals surface area contributed by atoms with Gasteiger partial charge in [-0.3, -0.25) is 4.79 Å². The van der Waals surface area contributed by atoms with E-state index in [4.69, 9.17) is 9.47 Å². The van der Waals surface area contributed by atoms with E-state index in [0.717, 1.165) is 31.6 Å². The zero-order chi connectivity index (χ0) is 19.5. The summed E-state index contributed by atoms with van der Waals surface area (Å²) < 4.78 is 10.1. The second-order valence-corrected chi connectivity index (χ2v) is 6.63. The molecule has 0 unspecified atom stereocenters. The number of methoxy groups -OCH3 is 1. The Balaban J connectivity index is 1.54. The Kier molecular flexibility index (Phi) is 8.91. The number of nitrogens with zero attached hydrogens (tertiary/aromatic N) is 1. The number of piperidine rings is 1. The van der Waals surface area contributed by atoms with Crippen molar-refractivity contribution >= 4 is 12.0 Å². The third-order valence-electron chi connectivity index (χ3n) is 4.66. The fourth-order valence-electron chi connectivity index (χ4n) is 3.07. The van der Waals surface area contributed by atoms with Crippen molar-refractivity contribution in [2.75, 3.05) is 39.9 Å². The highest BCUT2D eigenvalue weighted by molar-refractivity contribution is 5.76. The number of carbonyl (C=O) groups is 2. The van der Waals surface area contributed by atoms with Crippen LogP contribution in [0.25, 0.3) is 0 Å². The summed E-state index contributed by atoms with van der Waals surface area (Å²) in [5.74, 6) is 0.915. The van der Waals surface area contributed by atoms with Gasteiger partial charge in [0.05, 0.1) is 13.7 Å². The second-order valence-electron chi connectivity index (χ2n) is 6.63. The lowest BCUT2D eigenvalue weighted by Crippen LogP contribution is -2.47. The predicted molar refractivity (Wildman–Crippen MR) is 104 cm³/mol. The first-order valence-corrected chi connectivity index (χ1v) is 9.67. The van der Waals surface area contributed by atoms with E-state index in [0.29, 0.717) is 32.7 Å². The summed E-state index contributed by atoms with van der Waals surface area (Å²) in [4.78, 5) is 25.4. The van der Waals surface area contributed by atoms with E-state index in [2.05, 4.69) is 22.8 Å². The molecular weight excluding hydrogens is 346 g/mol. The number of ether oxygens (including phenoxy) is 2. The molecule has 0 bridgehead atoms. The second kappa shape index (κ2) is 11.4. The van der Waals surface area contributed by atoms with Gasteiger partial charge in [0.15, 0.2) is 0 Å². The lowest BCUT2D eigenvalue weighted by molar-refractivity contribution is -0.121. The Morgan fingerprint density at radius 3 is 2.48 bits per heavy atom. The van der Waals surface area contributed by atoms with Gasteiger partial charge in [-0.1, -0.05) is 12.1 Å². The minimum absolute atomic E-state index is 0.0570. The van der Waals surface area contributed by atoms with Crippen LogP contribution in [0.4, 0.5) is 4.79 Å². The van der Waals surface area contributed by atoms with Crippen LogP contribution in [0.2, 0.25) is 0 Å². The van der Waals surface area contributed by atoms with Crippen LogP contribution in [-0.2, 0) is 16.0 Å². The number of hydrogen-bond acceptors (Lipinski definition) is 5. The number of likely N-dealkylation sites (tertiary alicyclic amines) is 1. The van der Waals surface area contributed by atoms with Crippen LogP contribution < -0.4 is 15.4 Å². The Hall–Kier alpha value is -2.28. The van der Waals surface area contributed by atoms with Crippen LogP contribution in [-0.4, -0.2) is 62.8 Å². The molecule has 27 heavy (non-hydrogen) atoms. The van der Waals surface area contributed by atoms with Crippen molar-refractivity contribution in [1.29, 1.82) is 0 Å². The highest BCUT2D eigenvalue weighted by Crippen LogP contribution is 2.12. The van der Waals surface area contributed by atoms with Gasteiger partial charge >= 0.3 is 6.09 Å². The van der Waals surface area contributed by atoms with Gasteiger partial charge in [-0.2, -0.15) is 0 Å². The average Bonchev–Trinajstić information content (AvgIpc) is 2.69. The zero-order valence-corrected chi connectivity index (χ0v) is 16.3. The molecule has 2 amide bonds. The highest BCUT2D eigenvalue weighted by Gasteiger charge is 2.24. The molecule has 2 rings (SSSR count). The first-order chi connectivity index (χ1) is 13.1. The number of hydrogen-bond donors (Lipinski definition) is 2. The molecule has 1 aromatic rings. The molecule has 1 fully saturated rings. The summed E-state index contributed by atoms with van der Waals surface area (Å²) in [6.45, 7) is 4.94. The maximum atomic E-state index is 12.1. The third-order valence-corrected chi connectivity index (χ3v) is 4.66. The van der Waals surface area contributed by atoms with E-state index in [1.54, 1.807) is 18.9 Å². The molecule has 1 saturated heterocycles.